The summed E-state index contributed by atoms with van der Waals surface area (Å²) in [6, 6.07) is -0.334. The number of aliphatic carboxylic acids is 1. The van der Waals surface area contributed by atoms with E-state index in [1.165, 1.54) is 11.0 Å². The first-order valence-corrected chi connectivity index (χ1v) is 7.13. The van der Waals surface area contributed by atoms with Gasteiger partial charge < -0.3 is 10.4 Å². The summed E-state index contributed by atoms with van der Waals surface area (Å²) in [5, 5.41) is 17.9. The van der Waals surface area contributed by atoms with E-state index in [4.69, 9.17) is 5.11 Å². The first-order chi connectivity index (χ1) is 10.0. The third kappa shape index (κ3) is 6.73. The van der Waals surface area contributed by atoms with E-state index in [9.17, 15) is 9.59 Å². The summed E-state index contributed by atoms with van der Waals surface area (Å²) in [4.78, 5) is 26.2. The lowest BCUT2D eigenvalue weighted by Gasteiger charge is -2.15. The lowest BCUT2D eigenvalue weighted by molar-refractivity contribution is -0.137. The predicted octanol–water partition coefficient (Wildman–Crippen LogP) is 1.61. The minimum absolute atomic E-state index is 0.176. The molecule has 21 heavy (non-hydrogen) atoms. The van der Waals surface area contributed by atoms with E-state index in [-0.39, 0.29) is 12.5 Å². The Bertz CT molecular complexity index is 460. The van der Waals surface area contributed by atoms with Gasteiger partial charge in [-0.15, -0.1) is 0 Å². The van der Waals surface area contributed by atoms with Gasteiger partial charge in [0.05, 0.1) is 0 Å². The quantitative estimate of drug-likeness (QED) is 0.641. The van der Waals surface area contributed by atoms with E-state index in [0.717, 1.165) is 19.3 Å². The number of aryl methyl sites for hydroxylation is 1. The molecule has 1 atom stereocenters. The number of amides is 2. The maximum atomic E-state index is 11.7. The zero-order valence-corrected chi connectivity index (χ0v) is 12.5. The normalized spacial score (nSPS) is 11.9. The van der Waals surface area contributed by atoms with Crippen molar-refractivity contribution in [2.75, 3.05) is 11.9 Å². The van der Waals surface area contributed by atoms with Crippen LogP contribution in [0.25, 0.3) is 0 Å². The highest BCUT2D eigenvalue weighted by Crippen LogP contribution is 2.17. The number of nitrogens with one attached hydrogen (secondary N) is 2. The van der Waals surface area contributed by atoms with Crippen molar-refractivity contribution < 1.29 is 14.7 Å². The average Bonchev–Trinajstić information content (AvgIpc) is 2.81. The van der Waals surface area contributed by atoms with Crippen LogP contribution in [0.3, 0.4) is 0 Å². The minimum atomic E-state index is -0.774. The smallest absolute Gasteiger partial charge is 0.321 e. The number of hydrogen-bond donors (Lipinski definition) is 3. The predicted molar refractivity (Wildman–Crippen MR) is 77.9 cm³/mol. The van der Waals surface area contributed by atoms with Gasteiger partial charge in [-0.1, -0.05) is 19.8 Å². The molecule has 1 unspecified atom stereocenters. The van der Waals surface area contributed by atoms with Crippen molar-refractivity contribution in [3.05, 3.63) is 6.33 Å². The zero-order chi connectivity index (χ0) is 15.7. The molecule has 0 saturated heterocycles. The van der Waals surface area contributed by atoms with Gasteiger partial charge in [-0.2, -0.15) is 10.1 Å². The maximum Gasteiger partial charge on any atom is 0.321 e. The van der Waals surface area contributed by atoms with E-state index in [2.05, 4.69) is 27.6 Å². The van der Waals surface area contributed by atoms with Crippen LogP contribution >= 0.6 is 0 Å². The SMILES string of the molecule is CCCC(CCNC(=O)Nc1ncnn1C)CCC(=O)O. The second-order valence-electron chi connectivity index (χ2n) is 4.96. The molecule has 2 amide bonds. The van der Waals surface area contributed by atoms with Crippen LogP contribution in [-0.2, 0) is 11.8 Å². The van der Waals surface area contributed by atoms with Crippen LogP contribution in [0, 0.1) is 5.92 Å². The van der Waals surface area contributed by atoms with E-state index in [1.807, 2.05) is 0 Å². The number of carbonyl (C=O) groups excluding carboxylic acids is 1. The molecule has 0 fully saturated rings. The van der Waals surface area contributed by atoms with Gasteiger partial charge in [-0.25, -0.2) is 9.48 Å². The molecule has 8 nitrogen and oxygen atoms in total. The highest BCUT2D eigenvalue weighted by atomic mass is 16.4. The van der Waals surface area contributed by atoms with Crippen LogP contribution in [-0.4, -0.2) is 38.4 Å². The van der Waals surface area contributed by atoms with Crippen LogP contribution in [0.15, 0.2) is 6.33 Å². The molecule has 1 heterocycles. The molecule has 0 aliphatic heterocycles. The van der Waals surface area contributed by atoms with Gasteiger partial charge in [-0.3, -0.25) is 10.1 Å². The maximum absolute atomic E-state index is 11.7. The highest BCUT2D eigenvalue weighted by Gasteiger charge is 2.11. The molecule has 0 saturated carbocycles. The number of carbonyl (C=O) groups is 2. The molecule has 8 heteroatoms. The molecule has 3 N–H and O–H groups in total. The third-order valence-electron chi connectivity index (χ3n) is 3.24. The van der Waals surface area contributed by atoms with Crippen molar-refractivity contribution in [2.24, 2.45) is 13.0 Å². The minimum Gasteiger partial charge on any atom is -0.481 e. The number of carboxylic acids is 1. The summed E-state index contributed by atoms with van der Waals surface area (Å²) in [6.45, 7) is 2.58. The molecule has 1 rings (SSSR count). The molecular weight excluding hydrogens is 274 g/mol. The van der Waals surface area contributed by atoms with Gasteiger partial charge in [0.25, 0.3) is 0 Å². The van der Waals surface area contributed by atoms with Crippen molar-refractivity contribution in [3.63, 3.8) is 0 Å². The summed E-state index contributed by atoms with van der Waals surface area (Å²) < 4.78 is 1.46. The number of aromatic nitrogens is 3. The molecule has 1 aromatic heterocycles. The van der Waals surface area contributed by atoms with Gasteiger partial charge in [-0.05, 0) is 18.8 Å². The lowest BCUT2D eigenvalue weighted by atomic mass is 9.94. The van der Waals surface area contributed by atoms with Crippen molar-refractivity contribution in [1.82, 2.24) is 20.1 Å². The summed E-state index contributed by atoms with van der Waals surface area (Å²) in [5.74, 6) is -0.0752. The standard InChI is InChI=1S/C13H23N5O3/c1-3-4-10(5-6-11(19)20)7-8-14-13(21)17-12-15-9-16-18(12)2/h9-10H,3-8H2,1-2H3,(H,19,20)(H2,14,15,16,17,21). The van der Waals surface area contributed by atoms with Crippen molar-refractivity contribution in [1.29, 1.82) is 0 Å². The van der Waals surface area contributed by atoms with Crippen LogP contribution in [0.2, 0.25) is 0 Å². The fourth-order valence-electron chi connectivity index (χ4n) is 2.11. The van der Waals surface area contributed by atoms with Crippen molar-refractivity contribution in [2.45, 2.75) is 39.0 Å². The first-order valence-electron chi connectivity index (χ1n) is 7.13. The van der Waals surface area contributed by atoms with Gasteiger partial charge in [0.15, 0.2) is 0 Å². The topological polar surface area (TPSA) is 109 Å². The van der Waals surface area contributed by atoms with E-state index in [1.54, 1.807) is 7.05 Å². The van der Waals surface area contributed by atoms with E-state index < -0.39 is 5.97 Å². The molecule has 118 valence electrons. The average molecular weight is 297 g/mol. The number of nitrogens with zero attached hydrogens (tertiary/aromatic N) is 3. The van der Waals surface area contributed by atoms with Crippen LogP contribution < -0.4 is 10.6 Å². The van der Waals surface area contributed by atoms with Crippen molar-refractivity contribution in [3.8, 4) is 0 Å². The number of urea groups is 1. The Morgan fingerprint density at radius 3 is 2.71 bits per heavy atom. The molecule has 0 bridgehead atoms. The van der Waals surface area contributed by atoms with Crippen LogP contribution in [0.5, 0.6) is 0 Å². The summed E-state index contributed by atoms with van der Waals surface area (Å²) in [5.41, 5.74) is 0. The molecule has 0 aliphatic rings. The number of carboxylic acid groups (broad SMARTS) is 1. The van der Waals surface area contributed by atoms with Crippen molar-refractivity contribution >= 4 is 17.9 Å². The van der Waals surface area contributed by atoms with E-state index >= 15 is 0 Å². The largest absolute Gasteiger partial charge is 0.481 e. The van der Waals surface area contributed by atoms with Crippen LogP contribution in [0.1, 0.15) is 39.0 Å². The number of anilines is 1. The Kier molecular flexibility index (Phi) is 7.20. The monoisotopic (exact) mass is 297 g/mol. The Balaban J connectivity index is 2.27. The van der Waals surface area contributed by atoms with E-state index in [0.29, 0.717) is 24.8 Å². The molecule has 0 aromatic carbocycles. The molecule has 0 aliphatic carbocycles. The molecule has 0 spiro atoms. The fourth-order valence-corrected chi connectivity index (χ4v) is 2.11. The Morgan fingerprint density at radius 2 is 2.14 bits per heavy atom. The third-order valence-corrected chi connectivity index (χ3v) is 3.24. The molecule has 1 aromatic rings. The number of rotatable bonds is 9. The van der Waals surface area contributed by atoms with Gasteiger partial charge in [0, 0.05) is 20.0 Å². The second-order valence-corrected chi connectivity index (χ2v) is 4.96. The molecular formula is C13H23N5O3. The highest BCUT2D eigenvalue weighted by molar-refractivity contribution is 5.87. The lowest BCUT2D eigenvalue weighted by Crippen LogP contribution is -2.31. The van der Waals surface area contributed by atoms with Gasteiger partial charge in [0.2, 0.25) is 5.95 Å². The summed E-state index contributed by atoms with van der Waals surface area (Å²) >= 11 is 0. The van der Waals surface area contributed by atoms with Crippen LogP contribution in [0.4, 0.5) is 10.7 Å². The van der Waals surface area contributed by atoms with Gasteiger partial charge >= 0.3 is 12.0 Å². The molecule has 0 radical (unpaired) electrons. The zero-order valence-electron chi connectivity index (χ0n) is 12.5. The Hall–Kier alpha value is -2.12. The fraction of sp³-hybridized carbons (Fsp3) is 0.692. The second kappa shape index (κ2) is 8.93. The summed E-state index contributed by atoms with van der Waals surface area (Å²) in [6.07, 6.45) is 4.94. The Morgan fingerprint density at radius 1 is 1.38 bits per heavy atom. The Labute approximate surface area is 123 Å². The van der Waals surface area contributed by atoms with Gasteiger partial charge in [0.1, 0.15) is 6.33 Å². The first kappa shape index (κ1) is 16.9. The number of hydrogen-bond acceptors (Lipinski definition) is 4. The summed E-state index contributed by atoms with van der Waals surface area (Å²) in [7, 11) is 1.69.